The molecule has 0 aromatic heterocycles. The van der Waals surface area contributed by atoms with Gasteiger partial charge in [0.25, 0.3) is 0 Å². The highest BCUT2D eigenvalue weighted by Gasteiger charge is 2.08. The number of esters is 1. The van der Waals surface area contributed by atoms with E-state index in [-0.39, 0.29) is 5.97 Å². The minimum atomic E-state index is -0.0882. The molecule has 0 amide bonds. The molecule has 0 aromatic rings. The molecule has 0 N–H and O–H groups in total. The lowest BCUT2D eigenvalue weighted by molar-refractivity contribution is -0.143. The first kappa shape index (κ1) is 13.4. The fraction of sp³-hybridized carbons (Fsp3) is 0.909. The van der Waals surface area contributed by atoms with Gasteiger partial charge in [-0.3, -0.25) is 4.79 Å². The smallest absolute Gasteiger partial charge is 0.307 e. The van der Waals surface area contributed by atoms with E-state index in [1.165, 1.54) is 0 Å². The maximum absolute atomic E-state index is 11.1. The Labute approximate surface area is 87.4 Å². The van der Waals surface area contributed by atoms with Crippen molar-refractivity contribution in [2.45, 2.75) is 34.1 Å². The zero-order valence-electron chi connectivity index (χ0n) is 9.88. The van der Waals surface area contributed by atoms with E-state index in [0.29, 0.717) is 18.9 Å². The molecule has 0 spiro atoms. The van der Waals surface area contributed by atoms with Gasteiger partial charge < -0.3 is 9.64 Å². The van der Waals surface area contributed by atoms with Crippen molar-refractivity contribution in [1.82, 2.24) is 4.90 Å². The highest BCUT2D eigenvalue weighted by Crippen LogP contribution is 2.00. The van der Waals surface area contributed by atoms with Crippen LogP contribution in [-0.4, -0.2) is 37.1 Å². The van der Waals surface area contributed by atoms with E-state index < -0.39 is 0 Å². The second kappa shape index (κ2) is 7.80. The van der Waals surface area contributed by atoms with Gasteiger partial charge in [-0.25, -0.2) is 0 Å². The first-order valence-electron chi connectivity index (χ1n) is 5.48. The van der Waals surface area contributed by atoms with Gasteiger partial charge >= 0.3 is 5.97 Å². The fourth-order valence-corrected chi connectivity index (χ4v) is 1.38. The second-order valence-electron chi connectivity index (χ2n) is 3.84. The van der Waals surface area contributed by atoms with Crippen LogP contribution in [0, 0.1) is 5.92 Å². The Hall–Kier alpha value is -0.570. The normalized spacial score (nSPS) is 11.0. The molecule has 3 nitrogen and oxygen atoms in total. The van der Waals surface area contributed by atoms with E-state index in [1.807, 2.05) is 6.92 Å². The van der Waals surface area contributed by atoms with Gasteiger partial charge in [0.05, 0.1) is 13.0 Å². The molecule has 0 atom stereocenters. The standard InChI is InChI=1S/C11H23NO2/c1-5-12(9-10(3)4)8-7-11(13)14-6-2/h10H,5-9H2,1-4H3. The minimum Gasteiger partial charge on any atom is -0.466 e. The molecule has 3 heteroatoms. The number of hydrogen-bond donors (Lipinski definition) is 0. The zero-order valence-corrected chi connectivity index (χ0v) is 9.88. The van der Waals surface area contributed by atoms with Crippen LogP contribution in [0.4, 0.5) is 0 Å². The van der Waals surface area contributed by atoms with Crippen LogP contribution in [0.15, 0.2) is 0 Å². The highest BCUT2D eigenvalue weighted by molar-refractivity contribution is 5.69. The average molecular weight is 201 g/mol. The van der Waals surface area contributed by atoms with Crippen LogP contribution >= 0.6 is 0 Å². The molecule has 0 aromatic carbocycles. The van der Waals surface area contributed by atoms with Gasteiger partial charge in [-0.05, 0) is 19.4 Å². The maximum atomic E-state index is 11.1. The van der Waals surface area contributed by atoms with Crippen molar-refractivity contribution in [3.63, 3.8) is 0 Å². The molecule has 0 aliphatic rings. The van der Waals surface area contributed by atoms with E-state index in [0.717, 1.165) is 19.6 Å². The van der Waals surface area contributed by atoms with Crippen LogP contribution < -0.4 is 0 Å². The van der Waals surface area contributed by atoms with E-state index in [2.05, 4.69) is 25.7 Å². The fourth-order valence-electron chi connectivity index (χ4n) is 1.38. The Kier molecular flexibility index (Phi) is 7.48. The summed E-state index contributed by atoms with van der Waals surface area (Å²) >= 11 is 0. The summed E-state index contributed by atoms with van der Waals surface area (Å²) in [7, 11) is 0. The first-order chi connectivity index (χ1) is 6.60. The lowest BCUT2D eigenvalue weighted by Gasteiger charge is -2.21. The van der Waals surface area contributed by atoms with Gasteiger partial charge in [0.2, 0.25) is 0 Å². The summed E-state index contributed by atoms with van der Waals surface area (Å²) in [6.07, 6.45) is 0.508. The van der Waals surface area contributed by atoms with Crippen molar-refractivity contribution in [1.29, 1.82) is 0 Å². The zero-order chi connectivity index (χ0) is 11.0. The maximum Gasteiger partial charge on any atom is 0.307 e. The third kappa shape index (κ3) is 6.89. The highest BCUT2D eigenvalue weighted by atomic mass is 16.5. The Morgan fingerprint density at radius 2 is 2.00 bits per heavy atom. The molecular weight excluding hydrogens is 178 g/mol. The molecule has 0 heterocycles. The third-order valence-electron chi connectivity index (χ3n) is 2.01. The van der Waals surface area contributed by atoms with Crippen molar-refractivity contribution in [3.05, 3.63) is 0 Å². The van der Waals surface area contributed by atoms with Crippen LogP contribution in [-0.2, 0) is 9.53 Å². The Morgan fingerprint density at radius 3 is 2.43 bits per heavy atom. The summed E-state index contributed by atoms with van der Waals surface area (Å²) < 4.78 is 4.88. The molecular formula is C11H23NO2. The Bertz CT molecular complexity index is 157. The predicted octanol–water partition coefficient (Wildman–Crippen LogP) is 1.92. The molecule has 84 valence electrons. The number of hydrogen-bond acceptors (Lipinski definition) is 3. The molecule has 0 rings (SSSR count). The quantitative estimate of drug-likeness (QED) is 0.589. The van der Waals surface area contributed by atoms with E-state index >= 15 is 0 Å². The summed E-state index contributed by atoms with van der Waals surface area (Å²) in [6, 6.07) is 0. The van der Waals surface area contributed by atoms with Crippen LogP contribution in [0.2, 0.25) is 0 Å². The van der Waals surface area contributed by atoms with Gasteiger partial charge in [-0.1, -0.05) is 20.8 Å². The number of carbonyl (C=O) groups is 1. The molecule has 0 bridgehead atoms. The lowest BCUT2D eigenvalue weighted by atomic mass is 10.2. The van der Waals surface area contributed by atoms with Crippen LogP contribution in [0.25, 0.3) is 0 Å². The number of carbonyl (C=O) groups excluding carboxylic acids is 1. The van der Waals surface area contributed by atoms with Crippen LogP contribution in [0.3, 0.4) is 0 Å². The van der Waals surface area contributed by atoms with Crippen molar-refractivity contribution in [2.24, 2.45) is 5.92 Å². The predicted molar refractivity (Wildman–Crippen MR) is 58.2 cm³/mol. The van der Waals surface area contributed by atoms with Gasteiger partial charge in [0.15, 0.2) is 0 Å². The topological polar surface area (TPSA) is 29.5 Å². The van der Waals surface area contributed by atoms with Gasteiger partial charge in [-0.2, -0.15) is 0 Å². The van der Waals surface area contributed by atoms with Crippen molar-refractivity contribution in [2.75, 3.05) is 26.2 Å². The largest absolute Gasteiger partial charge is 0.466 e. The van der Waals surface area contributed by atoms with Crippen molar-refractivity contribution >= 4 is 5.97 Å². The van der Waals surface area contributed by atoms with Crippen LogP contribution in [0.5, 0.6) is 0 Å². The summed E-state index contributed by atoms with van der Waals surface area (Å²) in [6.45, 7) is 11.7. The monoisotopic (exact) mass is 201 g/mol. The van der Waals surface area contributed by atoms with Gasteiger partial charge in [0.1, 0.15) is 0 Å². The van der Waals surface area contributed by atoms with Crippen molar-refractivity contribution < 1.29 is 9.53 Å². The third-order valence-corrected chi connectivity index (χ3v) is 2.01. The first-order valence-corrected chi connectivity index (χ1v) is 5.48. The number of nitrogens with zero attached hydrogens (tertiary/aromatic N) is 1. The molecule has 0 unspecified atom stereocenters. The van der Waals surface area contributed by atoms with E-state index in [4.69, 9.17) is 4.74 Å². The average Bonchev–Trinajstić information content (AvgIpc) is 2.12. The summed E-state index contributed by atoms with van der Waals surface area (Å²) in [5.74, 6) is 0.562. The minimum absolute atomic E-state index is 0.0882. The Balaban J connectivity index is 3.66. The summed E-state index contributed by atoms with van der Waals surface area (Å²) in [5, 5.41) is 0. The lowest BCUT2D eigenvalue weighted by Crippen LogP contribution is -2.30. The van der Waals surface area contributed by atoms with Crippen LogP contribution in [0.1, 0.15) is 34.1 Å². The molecule has 0 aliphatic heterocycles. The Morgan fingerprint density at radius 1 is 1.36 bits per heavy atom. The molecule has 0 saturated heterocycles. The number of ether oxygens (including phenoxy) is 1. The van der Waals surface area contributed by atoms with Gasteiger partial charge in [0, 0.05) is 13.1 Å². The number of rotatable bonds is 7. The van der Waals surface area contributed by atoms with E-state index in [9.17, 15) is 4.79 Å². The molecule has 14 heavy (non-hydrogen) atoms. The second-order valence-corrected chi connectivity index (χ2v) is 3.84. The van der Waals surface area contributed by atoms with Gasteiger partial charge in [-0.15, -0.1) is 0 Å². The summed E-state index contributed by atoms with van der Waals surface area (Å²) in [5.41, 5.74) is 0. The van der Waals surface area contributed by atoms with Crippen molar-refractivity contribution in [3.8, 4) is 0 Å². The molecule has 0 fully saturated rings. The van der Waals surface area contributed by atoms with E-state index in [1.54, 1.807) is 0 Å². The molecule has 0 saturated carbocycles. The summed E-state index contributed by atoms with van der Waals surface area (Å²) in [4.78, 5) is 13.4. The molecule has 0 aliphatic carbocycles. The molecule has 0 radical (unpaired) electrons. The SMILES string of the molecule is CCOC(=O)CCN(CC)CC(C)C.